The Bertz CT molecular complexity index is 1150. The molecule has 2 saturated heterocycles. The van der Waals surface area contributed by atoms with Crippen LogP contribution in [0.5, 0.6) is 11.5 Å². The molecule has 2 aliphatic heterocycles. The van der Waals surface area contributed by atoms with Gasteiger partial charge in [-0.25, -0.2) is 8.42 Å². The summed E-state index contributed by atoms with van der Waals surface area (Å²) in [7, 11) is 0.00294. The molecule has 1 amide bonds. The summed E-state index contributed by atoms with van der Waals surface area (Å²) < 4.78 is 36.0. The van der Waals surface area contributed by atoms with Crippen molar-refractivity contribution >= 4 is 61.0 Å². The average molecular weight is 572 g/mol. The van der Waals surface area contributed by atoms with Crippen molar-refractivity contribution in [3.63, 3.8) is 0 Å². The minimum Gasteiger partial charge on any atom is -0.493 e. The largest absolute Gasteiger partial charge is 0.493 e. The molecule has 2 aromatic rings. The number of fused-ring (bicyclic) bond motifs is 1. The summed E-state index contributed by atoms with van der Waals surface area (Å²) in [5, 5.41) is 0.424. The number of thioether (sulfide) groups is 1. The van der Waals surface area contributed by atoms with Gasteiger partial charge >= 0.3 is 0 Å². The molecular formula is C21H21IN2O5S2. The number of hydrogen-bond donors (Lipinski definition) is 0. The van der Waals surface area contributed by atoms with E-state index in [-0.39, 0.29) is 35.1 Å². The van der Waals surface area contributed by atoms with E-state index < -0.39 is 9.84 Å². The van der Waals surface area contributed by atoms with Crippen LogP contribution in [-0.4, -0.2) is 56.5 Å². The number of carbonyl (C=O) groups is 1. The lowest BCUT2D eigenvalue weighted by atomic mass is 10.1. The fourth-order valence-electron chi connectivity index (χ4n) is 3.80. The first-order valence-corrected chi connectivity index (χ1v) is 13.3. The van der Waals surface area contributed by atoms with Gasteiger partial charge in [0.15, 0.2) is 26.5 Å². The predicted octanol–water partition coefficient (Wildman–Crippen LogP) is 3.15. The number of ether oxygens (including phenoxy) is 2. The van der Waals surface area contributed by atoms with Crippen molar-refractivity contribution in [2.45, 2.75) is 17.7 Å². The maximum absolute atomic E-state index is 12.8. The third-order valence-electron chi connectivity index (χ3n) is 5.18. The van der Waals surface area contributed by atoms with Gasteiger partial charge in [0.2, 0.25) is 0 Å². The molecule has 2 aromatic carbocycles. The van der Waals surface area contributed by atoms with E-state index in [1.165, 1.54) is 11.8 Å². The van der Waals surface area contributed by atoms with Crippen LogP contribution < -0.4 is 14.4 Å². The molecule has 0 radical (unpaired) electrons. The molecule has 2 fully saturated rings. The van der Waals surface area contributed by atoms with Crippen molar-refractivity contribution in [1.29, 1.82) is 0 Å². The highest BCUT2D eigenvalue weighted by molar-refractivity contribution is 14.1. The third-order valence-corrected chi connectivity index (χ3v) is 9.06. The van der Waals surface area contributed by atoms with Gasteiger partial charge in [-0.1, -0.05) is 23.9 Å². The first-order chi connectivity index (χ1) is 14.8. The Morgan fingerprint density at radius 1 is 1.16 bits per heavy atom. The summed E-state index contributed by atoms with van der Waals surface area (Å²) in [6.07, 6.45) is 0.109. The summed E-state index contributed by atoms with van der Waals surface area (Å²) in [6.45, 7) is 0. The highest BCUT2D eigenvalue weighted by atomic mass is 127. The number of rotatable bonds is 5. The zero-order chi connectivity index (χ0) is 22.2. The van der Waals surface area contributed by atoms with Gasteiger partial charge in [-0.15, -0.1) is 0 Å². The molecule has 164 valence electrons. The molecule has 2 heterocycles. The highest BCUT2D eigenvalue weighted by Crippen LogP contribution is 2.41. The summed E-state index contributed by atoms with van der Waals surface area (Å²) in [5.41, 5.74) is 1.61. The molecule has 0 spiro atoms. The van der Waals surface area contributed by atoms with Gasteiger partial charge in [0, 0.05) is 14.5 Å². The summed E-state index contributed by atoms with van der Waals surface area (Å²) in [6, 6.07) is 12.9. The number of benzene rings is 2. The molecule has 4 rings (SSSR count). The zero-order valence-electron chi connectivity index (χ0n) is 16.9. The van der Waals surface area contributed by atoms with Crippen LogP contribution in [0.3, 0.4) is 0 Å². The van der Waals surface area contributed by atoms with Crippen molar-refractivity contribution < 1.29 is 22.7 Å². The highest BCUT2D eigenvalue weighted by Gasteiger charge is 2.49. The van der Waals surface area contributed by atoms with Gasteiger partial charge in [-0.05, 0) is 58.5 Å². The molecule has 0 N–H and O–H groups in total. The standard InChI is InChI=1S/C21H21IN2O5S2/c1-28-17-7-6-13(8-18(17)29-2)9-20(25)23-21-24(15-5-3-4-14(22)10-15)16-11-31(26,27)12-19(16)30-21/h3-8,10,16,19H,9,11-12H2,1-2H3/t16-,19-/m1/s1. The Morgan fingerprint density at radius 2 is 1.94 bits per heavy atom. The van der Waals surface area contributed by atoms with E-state index >= 15 is 0 Å². The van der Waals surface area contributed by atoms with Crippen molar-refractivity contribution in [3.8, 4) is 11.5 Å². The van der Waals surface area contributed by atoms with Crippen LogP contribution in [0.15, 0.2) is 47.5 Å². The number of methoxy groups -OCH3 is 2. The van der Waals surface area contributed by atoms with E-state index in [1.807, 2.05) is 29.2 Å². The monoisotopic (exact) mass is 572 g/mol. The molecule has 2 atom stereocenters. The van der Waals surface area contributed by atoms with Crippen molar-refractivity contribution in [1.82, 2.24) is 0 Å². The molecule has 2 aliphatic rings. The van der Waals surface area contributed by atoms with E-state index in [4.69, 9.17) is 9.47 Å². The molecule has 7 nitrogen and oxygen atoms in total. The number of hydrogen-bond acceptors (Lipinski definition) is 6. The number of nitrogens with zero attached hydrogens (tertiary/aromatic N) is 2. The molecule has 0 unspecified atom stereocenters. The quantitative estimate of drug-likeness (QED) is 0.509. The van der Waals surface area contributed by atoms with Gasteiger partial charge in [0.1, 0.15) is 0 Å². The van der Waals surface area contributed by atoms with E-state index in [0.717, 1.165) is 14.8 Å². The second kappa shape index (κ2) is 8.99. The van der Waals surface area contributed by atoms with E-state index in [9.17, 15) is 13.2 Å². The van der Waals surface area contributed by atoms with Crippen LogP contribution in [0.25, 0.3) is 0 Å². The Hall–Kier alpha value is -1.79. The van der Waals surface area contributed by atoms with Gasteiger partial charge in [-0.2, -0.15) is 4.99 Å². The van der Waals surface area contributed by atoms with E-state index in [1.54, 1.807) is 32.4 Å². The minimum atomic E-state index is -3.10. The van der Waals surface area contributed by atoms with Crippen LogP contribution in [0, 0.1) is 3.57 Å². The van der Waals surface area contributed by atoms with Gasteiger partial charge in [0.25, 0.3) is 5.91 Å². The Kier molecular flexibility index (Phi) is 6.50. The zero-order valence-corrected chi connectivity index (χ0v) is 20.7. The van der Waals surface area contributed by atoms with Crippen LogP contribution in [-0.2, 0) is 21.1 Å². The Morgan fingerprint density at radius 3 is 2.65 bits per heavy atom. The second-order valence-electron chi connectivity index (χ2n) is 7.30. The molecule has 10 heteroatoms. The van der Waals surface area contributed by atoms with Crippen LogP contribution in [0.2, 0.25) is 0 Å². The van der Waals surface area contributed by atoms with Gasteiger partial charge in [0.05, 0.1) is 38.2 Å². The Balaban J connectivity index is 1.61. The van der Waals surface area contributed by atoms with Crippen LogP contribution in [0.4, 0.5) is 5.69 Å². The number of anilines is 1. The number of aliphatic imine (C=N–C) groups is 1. The lowest BCUT2D eigenvalue weighted by molar-refractivity contribution is -0.117. The number of halogens is 1. The van der Waals surface area contributed by atoms with Crippen molar-refractivity contribution in [3.05, 3.63) is 51.6 Å². The van der Waals surface area contributed by atoms with Crippen LogP contribution >= 0.6 is 34.4 Å². The van der Waals surface area contributed by atoms with Gasteiger partial charge < -0.3 is 14.4 Å². The second-order valence-corrected chi connectivity index (χ2v) is 11.9. The number of carbonyl (C=O) groups excluding carboxylic acids is 1. The average Bonchev–Trinajstić information content (AvgIpc) is 3.18. The Labute approximate surface area is 199 Å². The number of amides is 1. The first-order valence-electron chi connectivity index (χ1n) is 9.54. The normalized spacial score (nSPS) is 23.1. The molecule has 31 heavy (non-hydrogen) atoms. The smallest absolute Gasteiger partial charge is 0.252 e. The third kappa shape index (κ3) is 4.85. The fourth-order valence-corrected chi connectivity index (χ4v) is 8.26. The van der Waals surface area contributed by atoms with Gasteiger partial charge in [-0.3, -0.25) is 4.79 Å². The molecule has 0 saturated carbocycles. The lowest BCUT2D eigenvalue weighted by Crippen LogP contribution is -2.37. The van der Waals surface area contributed by atoms with Crippen LogP contribution in [0.1, 0.15) is 5.56 Å². The molecule has 0 aliphatic carbocycles. The number of sulfone groups is 1. The summed E-state index contributed by atoms with van der Waals surface area (Å²) >= 11 is 3.59. The van der Waals surface area contributed by atoms with Crippen molar-refractivity contribution in [2.24, 2.45) is 4.99 Å². The molecular weight excluding hydrogens is 551 g/mol. The summed E-state index contributed by atoms with van der Waals surface area (Å²) in [5.74, 6) is 1.02. The fraction of sp³-hybridized carbons (Fsp3) is 0.333. The predicted molar refractivity (Wildman–Crippen MR) is 131 cm³/mol. The molecule has 0 bridgehead atoms. The maximum Gasteiger partial charge on any atom is 0.252 e. The maximum atomic E-state index is 12.8. The lowest BCUT2D eigenvalue weighted by Gasteiger charge is -2.24. The minimum absolute atomic E-state index is 0.0685. The molecule has 0 aromatic heterocycles. The SMILES string of the molecule is COc1ccc(CC(=O)N=C2S[C@@H]3CS(=O)(=O)C[C@H]3N2c2cccc(I)c2)cc1OC. The van der Waals surface area contributed by atoms with E-state index in [2.05, 4.69) is 27.6 Å². The topological polar surface area (TPSA) is 85.3 Å². The summed E-state index contributed by atoms with van der Waals surface area (Å²) in [4.78, 5) is 19.1. The van der Waals surface area contributed by atoms with E-state index in [0.29, 0.717) is 16.7 Å². The first kappa shape index (κ1) is 22.4. The number of amidine groups is 1. The van der Waals surface area contributed by atoms with Crippen molar-refractivity contribution in [2.75, 3.05) is 30.6 Å².